The molecule has 2 heterocycles. The monoisotopic (exact) mass is 351 g/mol. The van der Waals surface area contributed by atoms with Crippen molar-refractivity contribution in [2.75, 3.05) is 18.5 Å². The average Bonchev–Trinajstić information content (AvgIpc) is 3.21. The van der Waals surface area contributed by atoms with Gasteiger partial charge in [0.25, 0.3) is 5.91 Å². The number of furan rings is 1. The van der Waals surface area contributed by atoms with Gasteiger partial charge in [0.15, 0.2) is 17.3 Å². The Kier molecular flexibility index (Phi) is 4.47. The molecule has 1 aliphatic rings. The number of carbonyl (C=O) groups excluding carboxylic acids is 1. The largest absolute Gasteiger partial charge is 0.489 e. The third-order valence-corrected chi connectivity index (χ3v) is 3.85. The minimum absolute atomic E-state index is 0.257. The Bertz CT molecular complexity index is 904. The smallest absolute Gasteiger partial charge is 0.291 e. The Morgan fingerprint density at radius 2 is 1.88 bits per heavy atom. The molecule has 0 atom stereocenters. The molecule has 3 aromatic rings. The second kappa shape index (κ2) is 7.23. The SMILES string of the molecule is O=C(Nc1cccc(OCc2ccc3c(c2)OCCO3)c1)c1ccco1. The van der Waals surface area contributed by atoms with E-state index in [1.165, 1.54) is 6.26 Å². The van der Waals surface area contributed by atoms with Crippen LogP contribution in [0.15, 0.2) is 65.3 Å². The van der Waals surface area contributed by atoms with Crippen LogP contribution in [0.4, 0.5) is 5.69 Å². The number of carbonyl (C=O) groups is 1. The summed E-state index contributed by atoms with van der Waals surface area (Å²) in [5, 5.41) is 2.77. The topological polar surface area (TPSA) is 69.9 Å². The Morgan fingerprint density at radius 3 is 2.73 bits per heavy atom. The van der Waals surface area contributed by atoms with Gasteiger partial charge in [-0.3, -0.25) is 4.79 Å². The molecule has 26 heavy (non-hydrogen) atoms. The fourth-order valence-electron chi connectivity index (χ4n) is 2.61. The molecule has 0 aliphatic carbocycles. The minimum Gasteiger partial charge on any atom is -0.489 e. The zero-order valence-corrected chi connectivity index (χ0v) is 13.9. The normalized spacial score (nSPS) is 12.5. The van der Waals surface area contributed by atoms with Crippen molar-refractivity contribution in [1.29, 1.82) is 0 Å². The summed E-state index contributed by atoms with van der Waals surface area (Å²) in [7, 11) is 0. The quantitative estimate of drug-likeness (QED) is 0.755. The summed E-state index contributed by atoms with van der Waals surface area (Å²) < 4.78 is 22.0. The fourth-order valence-corrected chi connectivity index (χ4v) is 2.61. The van der Waals surface area contributed by atoms with Crippen LogP contribution in [0, 0.1) is 0 Å². The molecular weight excluding hydrogens is 334 g/mol. The van der Waals surface area contributed by atoms with E-state index in [9.17, 15) is 4.79 Å². The van der Waals surface area contributed by atoms with Crippen LogP contribution in [-0.2, 0) is 6.61 Å². The van der Waals surface area contributed by atoms with Crippen molar-refractivity contribution in [1.82, 2.24) is 0 Å². The highest BCUT2D eigenvalue weighted by atomic mass is 16.6. The number of benzene rings is 2. The molecule has 1 aliphatic heterocycles. The molecule has 0 fully saturated rings. The highest BCUT2D eigenvalue weighted by Gasteiger charge is 2.12. The third kappa shape index (κ3) is 3.64. The van der Waals surface area contributed by atoms with E-state index in [1.54, 1.807) is 24.3 Å². The molecule has 132 valence electrons. The van der Waals surface area contributed by atoms with E-state index in [0.29, 0.717) is 31.3 Å². The van der Waals surface area contributed by atoms with Crippen molar-refractivity contribution in [3.05, 3.63) is 72.2 Å². The number of hydrogen-bond donors (Lipinski definition) is 1. The van der Waals surface area contributed by atoms with Crippen LogP contribution in [0.25, 0.3) is 0 Å². The lowest BCUT2D eigenvalue weighted by molar-refractivity contribution is 0.0996. The van der Waals surface area contributed by atoms with E-state index in [2.05, 4.69) is 5.32 Å². The number of hydrogen-bond acceptors (Lipinski definition) is 5. The van der Waals surface area contributed by atoms with Gasteiger partial charge in [-0.25, -0.2) is 0 Å². The molecule has 1 N–H and O–H groups in total. The number of ether oxygens (including phenoxy) is 3. The van der Waals surface area contributed by atoms with Crippen LogP contribution in [0.3, 0.4) is 0 Å². The molecule has 2 aromatic carbocycles. The predicted octanol–water partition coefficient (Wildman–Crippen LogP) is 3.88. The average molecular weight is 351 g/mol. The Labute approximate surface area is 150 Å². The molecule has 1 amide bonds. The van der Waals surface area contributed by atoms with E-state index in [1.807, 2.05) is 30.3 Å². The van der Waals surface area contributed by atoms with Gasteiger partial charge < -0.3 is 23.9 Å². The maximum absolute atomic E-state index is 12.0. The molecule has 0 spiro atoms. The lowest BCUT2D eigenvalue weighted by Crippen LogP contribution is -2.15. The molecule has 0 bridgehead atoms. The predicted molar refractivity (Wildman–Crippen MR) is 94.9 cm³/mol. The van der Waals surface area contributed by atoms with E-state index < -0.39 is 0 Å². The van der Waals surface area contributed by atoms with E-state index >= 15 is 0 Å². The van der Waals surface area contributed by atoms with Gasteiger partial charge >= 0.3 is 0 Å². The molecule has 6 nitrogen and oxygen atoms in total. The van der Waals surface area contributed by atoms with Gasteiger partial charge in [-0.2, -0.15) is 0 Å². The van der Waals surface area contributed by atoms with Crippen molar-refractivity contribution in [3.63, 3.8) is 0 Å². The number of fused-ring (bicyclic) bond motifs is 1. The summed E-state index contributed by atoms with van der Waals surface area (Å²) in [6, 6.07) is 16.2. The minimum atomic E-state index is -0.306. The van der Waals surface area contributed by atoms with Gasteiger partial charge in [-0.1, -0.05) is 12.1 Å². The van der Waals surface area contributed by atoms with Gasteiger partial charge in [-0.05, 0) is 42.0 Å². The zero-order valence-electron chi connectivity index (χ0n) is 13.9. The van der Waals surface area contributed by atoms with E-state index in [-0.39, 0.29) is 11.7 Å². The molecule has 0 radical (unpaired) electrons. The van der Waals surface area contributed by atoms with Crippen LogP contribution >= 0.6 is 0 Å². The Morgan fingerprint density at radius 1 is 1.00 bits per heavy atom. The van der Waals surface area contributed by atoms with Gasteiger partial charge in [0.05, 0.1) is 6.26 Å². The molecule has 1 aromatic heterocycles. The van der Waals surface area contributed by atoms with Crippen molar-refractivity contribution >= 4 is 11.6 Å². The van der Waals surface area contributed by atoms with Gasteiger partial charge in [0.1, 0.15) is 25.6 Å². The number of rotatable bonds is 5. The molecule has 0 unspecified atom stereocenters. The van der Waals surface area contributed by atoms with Crippen molar-refractivity contribution in [2.45, 2.75) is 6.61 Å². The van der Waals surface area contributed by atoms with Crippen LogP contribution in [0.5, 0.6) is 17.2 Å². The maximum Gasteiger partial charge on any atom is 0.291 e. The first-order valence-electron chi connectivity index (χ1n) is 8.24. The van der Waals surface area contributed by atoms with Gasteiger partial charge in [0.2, 0.25) is 0 Å². The maximum atomic E-state index is 12.0. The van der Waals surface area contributed by atoms with Crippen LogP contribution < -0.4 is 19.5 Å². The van der Waals surface area contributed by atoms with Crippen LogP contribution in [0.2, 0.25) is 0 Å². The molecule has 4 rings (SSSR count). The second-order valence-corrected chi connectivity index (χ2v) is 5.73. The Balaban J connectivity index is 1.40. The standard InChI is InChI=1S/C20H17NO5/c22-20(18-5-2-8-23-18)21-15-3-1-4-16(12-15)26-13-14-6-7-17-19(11-14)25-10-9-24-17/h1-8,11-12H,9-10,13H2,(H,21,22). The third-order valence-electron chi connectivity index (χ3n) is 3.85. The lowest BCUT2D eigenvalue weighted by Gasteiger charge is -2.19. The summed E-state index contributed by atoms with van der Waals surface area (Å²) in [5.74, 6) is 2.09. The number of anilines is 1. The van der Waals surface area contributed by atoms with Crippen molar-refractivity contribution in [2.24, 2.45) is 0 Å². The zero-order chi connectivity index (χ0) is 17.8. The first kappa shape index (κ1) is 16.1. The van der Waals surface area contributed by atoms with Crippen molar-refractivity contribution in [3.8, 4) is 17.2 Å². The summed E-state index contributed by atoms with van der Waals surface area (Å²) in [4.78, 5) is 12.0. The van der Waals surface area contributed by atoms with E-state index in [4.69, 9.17) is 18.6 Å². The van der Waals surface area contributed by atoms with Gasteiger partial charge in [-0.15, -0.1) is 0 Å². The summed E-state index contributed by atoms with van der Waals surface area (Å²) in [6.45, 7) is 1.50. The van der Waals surface area contributed by atoms with E-state index in [0.717, 1.165) is 17.1 Å². The fraction of sp³-hybridized carbons (Fsp3) is 0.150. The first-order chi connectivity index (χ1) is 12.8. The molecule has 0 saturated heterocycles. The lowest BCUT2D eigenvalue weighted by atomic mass is 10.2. The highest BCUT2D eigenvalue weighted by molar-refractivity contribution is 6.02. The van der Waals surface area contributed by atoms with Gasteiger partial charge in [0, 0.05) is 11.8 Å². The summed E-state index contributed by atoms with van der Waals surface area (Å²) >= 11 is 0. The molecular formula is C20H17NO5. The van der Waals surface area contributed by atoms with Crippen LogP contribution in [-0.4, -0.2) is 19.1 Å². The van der Waals surface area contributed by atoms with Crippen molar-refractivity contribution < 1.29 is 23.4 Å². The first-order valence-corrected chi connectivity index (χ1v) is 8.24. The molecule has 0 saturated carbocycles. The number of amides is 1. The second-order valence-electron chi connectivity index (χ2n) is 5.73. The Hall–Kier alpha value is -3.41. The summed E-state index contributed by atoms with van der Waals surface area (Å²) in [5.41, 5.74) is 1.60. The van der Waals surface area contributed by atoms with Crippen LogP contribution in [0.1, 0.15) is 16.1 Å². The number of nitrogens with one attached hydrogen (secondary N) is 1. The molecule has 6 heteroatoms. The highest BCUT2D eigenvalue weighted by Crippen LogP contribution is 2.31. The summed E-state index contributed by atoms with van der Waals surface area (Å²) in [6.07, 6.45) is 1.46.